The molecule has 1 aliphatic heterocycles. The smallest absolute Gasteiger partial charge is 0.270 e. The summed E-state index contributed by atoms with van der Waals surface area (Å²) < 4.78 is 15.3. The summed E-state index contributed by atoms with van der Waals surface area (Å²) in [4.78, 5) is 28.1. The summed E-state index contributed by atoms with van der Waals surface area (Å²) in [6.45, 7) is 8.74. The summed E-state index contributed by atoms with van der Waals surface area (Å²) in [5.41, 5.74) is 5.49. The third kappa shape index (κ3) is 5.64. The normalized spacial score (nSPS) is 13.7. The van der Waals surface area contributed by atoms with E-state index >= 15 is 0 Å². The molecule has 1 aromatic heterocycles. The summed E-state index contributed by atoms with van der Waals surface area (Å²) in [5.74, 6) is -0.455. The number of likely N-dealkylation sites (tertiary alicyclic amines) is 1. The highest BCUT2D eigenvalue weighted by molar-refractivity contribution is 6.01. The first-order valence-electron chi connectivity index (χ1n) is 13.2. The summed E-state index contributed by atoms with van der Waals surface area (Å²) in [7, 11) is 0. The third-order valence-electron chi connectivity index (χ3n) is 7.24. The van der Waals surface area contributed by atoms with Gasteiger partial charge in [-0.25, -0.2) is 4.39 Å². The van der Waals surface area contributed by atoms with Crippen LogP contribution in [0.1, 0.15) is 60.8 Å². The van der Waals surface area contributed by atoms with Crippen molar-refractivity contribution >= 4 is 28.4 Å². The Balaban J connectivity index is 1.43. The number of hydrogen-bond acceptors (Lipinski definition) is 2. The lowest BCUT2D eigenvalue weighted by Gasteiger charge is -2.20. The molecule has 3 aromatic carbocycles. The molecule has 1 aliphatic rings. The molecule has 4 aromatic rings. The van der Waals surface area contributed by atoms with E-state index in [0.717, 1.165) is 48.0 Å². The molecule has 0 radical (unpaired) electrons. The molecule has 2 heterocycles. The molecule has 6 heteroatoms. The van der Waals surface area contributed by atoms with Crippen molar-refractivity contribution in [1.82, 2.24) is 9.47 Å². The maximum atomic E-state index is 13.5. The highest BCUT2D eigenvalue weighted by Crippen LogP contribution is 2.28. The largest absolute Gasteiger partial charge is 0.337 e. The minimum Gasteiger partial charge on any atom is -0.337 e. The van der Waals surface area contributed by atoms with Crippen molar-refractivity contribution in [2.45, 2.75) is 52.0 Å². The molecule has 2 amide bonds. The van der Waals surface area contributed by atoms with Gasteiger partial charge < -0.3 is 14.8 Å². The van der Waals surface area contributed by atoms with Crippen LogP contribution in [-0.4, -0.2) is 34.4 Å². The Morgan fingerprint density at radius 1 is 0.868 bits per heavy atom. The Labute approximate surface area is 223 Å². The lowest BCUT2D eigenvalue weighted by atomic mass is 9.87. The van der Waals surface area contributed by atoms with E-state index in [9.17, 15) is 14.0 Å². The molecule has 1 N–H and O–H groups in total. The molecule has 0 unspecified atom stereocenters. The number of anilines is 1. The van der Waals surface area contributed by atoms with Crippen LogP contribution in [0.25, 0.3) is 10.9 Å². The molecule has 38 heavy (non-hydrogen) atoms. The Bertz CT molecular complexity index is 1460. The van der Waals surface area contributed by atoms with Gasteiger partial charge in [-0.1, -0.05) is 57.2 Å². The van der Waals surface area contributed by atoms with Crippen molar-refractivity contribution in [1.29, 1.82) is 0 Å². The van der Waals surface area contributed by atoms with E-state index in [-0.39, 0.29) is 29.5 Å². The maximum absolute atomic E-state index is 13.5. The van der Waals surface area contributed by atoms with Gasteiger partial charge in [-0.2, -0.15) is 0 Å². The van der Waals surface area contributed by atoms with Gasteiger partial charge in [0, 0.05) is 36.2 Å². The van der Waals surface area contributed by atoms with Crippen LogP contribution >= 0.6 is 0 Å². The fourth-order valence-corrected chi connectivity index (χ4v) is 5.06. The van der Waals surface area contributed by atoms with Gasteiger partial charge >= 0.3 is 0 Å². The van der Waals surface area contributed by atoms with E-state index in [0.29, 0.717) is 17.9 Å². The van der Waals surface area contributed by atoms with Crippen molar-refractivity contribution in [2.24, 2.45) is 0 Å². The second-order valence-corrected chi connectivity index (χ2v) is 11.2. The van der Waals surface area contributed by atoms with Gasteiger partial charge in [-0.05, 0) is 71.3 Å². The molecule has 0 aliphatic carbocycles. The highest BCUT2D eigenvalue weighted by atomic mass is 19.1. The zero-order valence-corrected chi connectivity index (χ0v) is 22.3. The van der Waals surface area contributed by atoms with Gasteiger partial charge in [0.05, 0.1) is 6.42 Å². The molecule has 0 bridgehead atoms. The average molecular weight is 512 g/mol. The van der Waals surface area contributed by atoms with Crippen LogP contribution in [-0.2, 0) is 23.2 Å². The van der Waals surface area contributed by atoms with Crippen LogP contribution < -0.4 is 5.32 Å². The number of carbonyl (C=O) groups is 2. The standard InChI is InChI=1S/C32H34FN3O2/c1-32(2,3)25-10-6-23(7-11-25)21-36-28-15-14-27(34-30(37)18-22-8-12-26(33)13-9-22)19-24(28)20-29(36)31(38)35-16-4-5-17-35/h6-15,19-20H,4-5,16-18,21H2,1-3H3,(H,34,37). The van der Waals surface area contributed by atoms with Crippen LogP contribution in [0.3, 0.4) is 0 Å². The Kier molecular flexibility index (Phi) is 7.06. The number of amides is 2. The van der Waals surface area contributed by atoms with Gasteiger partial charge in [-0.15, -0.1) is 0 Å². The SMILES string of the molecule is CC(C)(C)c1ccc(Cn2c(C(=O)N3CCCC3)cc3cc(NC(=O)Cc4ccc(F)cc4)ccc32)cc1. The molecule has 0 saturated carbocycles. The minimum absolute atomic E-state index is 0.0481. The van der Waals surface area contributed by atoms with E-state index in [4.69, 9.17) is 0 Å². The van der Waals surface area contributed by atoms with Crippen molar-refractivity contribution in [2.75, 3.05) is 18.4 Å². The molecule has 5 nitrogen and oxygen atoms in total. The minimum atomic E-state index is -0.325. The monoisotopic (exact) mass is 511 g/mol. The van der Waals surface area contributed by atoms with Gasteiger partial charge in [0.25, 0.3) is 5.91 Å². The van der Waals surface area contributed by atoms with E-state index < -0.39 is 0 Å². The van der Waals surface area contributed by atoms with E-state index in [1.165, 1.54) is 17.7 Å². The summed E-state index contributed by atoms with van der Waals surface area (Å²) in [6, 6.07) is 22.2. The highest BCUT2D eigenvalue weighted by Gasteiger charge is 2.24. The lowest BCUT2D eigenvalue weighted by Crippen LogP contribution is -2.29. The number of nitrogens with one attached hydrogen (secondary N) is 1. The first kappa shape index (κ1) is 25.7. The van der Waals surface area contributed by atoms with Gasteiger partial charge in [0.15, 0.2) is 0 Å². The first-order chi connectivity index (χ1) is 18.2. The molecule has 0 atom stereocenters. The maximum Gasteiger partial charge on any atom is 0.270 e. The topological polar surface area (TPSA) is 54.3 Å². The number of benzene rings is 3. The van der Waals surface area contributed by atoms with E-state index in [1.807, 2.05) is 29.2 Å². The molecular weight excluding hydrogens is 477 g/mol. The number of aromatic nitrogens is 1. The van der Waals surface area contributed by atoms with E-state index in [2.05, 4.69) is 54.9 Å². The van der Waals surface area contributed by atoms with Crippen molar-refractivity contribution < 1.29 is 14.0 Å². The number of nitrogens with zero attached hydrogens (tertiary/aromatic N) is 2. The zero-order valence-electron chi connectivity index (χ0n) is 22.3. The molecule has 0 spiro atoms. The Morgan fingerprint density at radius 3 is 2.18 bits per heavy atom. The van der Waals surface area contributed by atoms with E-state index in [1.54, 1.807) is 12.1 Å². The number of carbonyl (C=O) groups excluding carboxylic acids is 2. The number of hydrogen-bond donors (Lipinski definition) is 1. The van der Waals surface area contributed by atoms with Gasteiger partial charge in [0.2, 0.25) is 5.91 Å². The number of fused-ring (bicyclic) bond motifs is 1. The van der Waals surface area contributed by atoms with Gasteiger partial charge in [-0.3, -0.25) is 9.59 Å². The average Bonchev–Trinajstić information content (AvgIpc) is 3.54. The fourth-order valence-electron chi connectivity index (χ4n) is 5.06. The fraction of sp³-hybridized carbons (Fsp3) is 0.312. The second kappa shape index (κ2) is 10.4. The number of halogens is 1. The molecule has 1 saturated heterocycles. The Morgan fingerprint density at radius 2 is 1.53 bits per heavy atom. The van der Waals surface area contributed by atoms with Crippen LogP contribution in [0.4, 0.5) is 10.1 Å². The van der Waals surface area contributed by atoms with Crippen LogP contribution in [0.5, 0.6) is 0 Å². The molecular formula is C32H34FN3O2. The number of rotatable bonds is 6. The van der Waals surface area contributed by atoms with Crippen molar-refractivity contribution in [3.8, 4) is 0 Å². The predicted molar refractivity (Wildman–Crippen MR) is 150 cm³/mol. The van der Waals surface area contributed by atoms with Crippen LogP contribution in [0.15, 0.2) is 72.8 Å². The lowest BCUT2D eigenvalue weighted by molar-refractivity contribution is -0.115. The summed E-state index contributed by atoms with van der Waals surface area (Å²) >= 11 is 0. The Hall–Kier alpha value is -3.93. The van der Waals surface area contributed by atoms with Crippen molar-refractivity contribution in [3.63, 3.8) is 0 Å². The quantitative estimate of drug-likeness (QED) is 0.319. The third-order valence-corrected chi connectivity index (χ3v) is 7.24. The van der Waals surface area contributed by atoms with Crippen molar-refractivity contribution in [3.05, 3.63) is 101 Å². The molecule has 5 rings (SSSR count). The molecule has 196 valence electrons. The zero-order chi connectivity index (χ0) is 26.9. The van der Waals surface area contributed by atoms with Gasteiger partial charge in [0.1, 0.15) is 11.5 Å². The first-order valence-corrected chi connectivity index (χ1v) is 13.2. The second-order valence-electron chi connectivity index (χ2n) is 11.2. The summed E-state index contributed by atoms with van der Waals surface area (Å²) in [5, 5.41) is 3.84. The van der Waals surface area contributed by atoms with Crippen LogP contribution in [0, 0.1) is 5.82 Å². The molecule has 1 fully saturated rings. The predicted octanol–water partition coefficient (Wildman–Crippen LogP) is 6.54. The summed E-state index contributed by atoms with van der Waals surface area (Å²) in [6.07, 6.45) is 2.22. The van der Waals surface area contributed by atoms with Crippen LogP contribution in [0.2, 0.25) is 0 Å².